The number of aromatic nitrogens is 5. The van der Waals surface area contributed by atoms with Crippen molar-refractivity contribution >= 4 is 22.4 Å². The number of carbonyl (C=O) groups excluding carboxylic acids is 1. The Morgan fingerprint density at radius 3 is 2.79 bits per heavy atom. The molecule has 0 radical (unpaired) electrons. The predicted molar refractivity (Wildman–Crippen MR) is 104 cm³/mol. The number of hydrogen-bond acceptors (Lipinski definition) is 6. The van der Waals surface area contributed by atoms with Gasteiger partial charge in [0.05, 0.1) is 5.69 Å². The van der Waals surface area contributed by atoms with E-state index >= 15 is 0 Å². The number of tetrazole rings is 1. The third-order valence-corrected chi connectivity index (χ3v) is 6.00. The number of halogens is 1. The van der Waals surface area contributed by atoms with Crippen LogP contribution in [0.25, 0.3) is 0 Å². The molecule has 1 aliphatic rings. The van der Waals surface area contributed by atoms with Crippen molar-refractivity contribution in [1.29, 1.82) is 0 Å². The van der Waals surface area contributed by atoms with E-state index in [9.17, 15) is 9.18 Å². The minimum atomic E-state index is -0.649. The molecule has 0 saturated carbocycles. The largest absolute Gasteiger partial charge is 0.300 e. The number of benzene rings is 1. The van der Waals surface area contributed by atoms with Crippen LogP contribution in [0.15, 0.2) is 24.3 Å². The van der Waals surface area contributed by atoms with E-state index in [4.69, 9.17) is 0 Å². The number of aryl methyl sites for hydroxylation is 3. The number of amides is 1. The zero-order valence-corrected chi connectivity index (χ0v) is 16.4. The van der Waals surface area contributed by atoms with E-state index in [1.807, 2.05) is 0 Å². The van der Waals surface area contributed by atoms with E-state index in [2.05, 4.69) is 25.8 Å². The average Bonchev–Trinajstić information content (AvgIpc) is 3.20. The molecule has 146 valence electrons. The van der Waals surface area contributed by atoms with Gasteiger partial charge in [-0.05, 0) is 60.7 Å². The fraction of sp³-hybridized carbons (Fsp3) is 0.421. The molecule has 1 aliphatic carbocycles. The first-order chi connectivity index (χ1) is 13.6. The molecule has 1 amide bonds. The summed E-state index contributed by atoms with van der Waals surface area (Å²) in [6, 6.07) is 5.45. The molecule has 3 aromatic rings. The Morgan fingerprint density at radius 2 is 2.04 bits per heavy atom. The summed E-state index contributed by atoms with van der Waals surface area (Å²) in [5.41, 5.74) is 1.93. The van der Waals surface area contributed by atoms with Gasteiger partial charge in [0.2, 0.25) is 0 Å². The second-order valence-corrected chi connectivity index (χ2v) is 8.04. The zero-order valence-electron chi connectivity index (χ0n) is 15.6. The lowest BCUT2D eigenvalue weighted by Gasteiger charge is -2.16. The van der Waals surface area contributed by atoms with Crippen molar-refractivity contribution in [1.82, 2.24) is 25.2 Å². The van der Waals surface area contributed by atoms with Crippen LogP contribution in [0.1, 0.15) is 47.3 Å². The maximum Gasteiger partial charge on any atom is 0.251 e. The molecule has 4 rings (SSSR count). The van der Waals surface area contributed by atoms with Gasteiger partial charge in [-0.2, -0.15) is 0 Å². The van der Waals surface area contributed by atoms with Crippen LogP contribution in [-0.2, 0) is 24.1 Å². The number of anilines is 1. The van der Waals surface area contributed by atoms with Crippen LogP contribution in [0, 0.1) is 12.7 Å². The molecular formula is C19H21FN6OS. The van der Waals surface area contributed by atoms with Crippen molar-refractivity contribution in [3.63, 3.8) is 0 Å². The first kappa shape index (κ1) is 18.7. The SMILES string of the molecule is Cc1nnnn1C(Cc1ccc(F)cc1)C(=O)Nc1nc2c(s1)CCCCC2. The van der Waals surface area contributed by atoms with Gasteiger partial charge in [-0.3, -0.25) is 4.79 Å². The first-order valence-electron chi connectivity index (χ1n) is 9.38. The minimum absolute atomic E-state index is 0.233. The van der Waals surface area contributed by atoms with Gasteiger partial charge >= 0.3 is 0 Å². The van der Waals surface area contributed by atoms with Gasteiger partial charge < -0.3 is 5.32 Å². The van der Waals surface area contributed by atoms with Crippen LogP contribution in [0.2, 0.25) is 0 Å². The molecule has 0 saturated heterocycles. The molecule has 1 unspecified atom stereocenters. The Morgan fingerprint density at radius 1 is 1.25 bits per heavy atom. The van der Waals surface area contributed by atoms with Crippen LogP contribution in [0.5, 0.6) is 0 Å². The number of carbonyl (C=O) groups is 1. The van der Waals surface area contributed by atoms with Crippen LogP contribution < -0.4 is 5.32 Å². The number of thiazole rings is 1. The van der Waals surface area contributed by atoms with Crippen molar-refractivity contribution in [3.05, 3.63) is 52.0 Å². The predicted octanol–water partition coefficient (Wildman–Crippen LogP) is 3.27. The summed E-state index contributed by atoms with van der Waals surface area (Å²) < 4.78 is 14.7. The molecule has 7 nitrogen and oxygen atoms in total. The second kappa shape index (κ2) is 8.14. The van der Waals surface area contributed by atoms with Crippen molar-refractivity contribution in [2.24, 2.45) is 0 Å². The summed E-state index contributed by atoms with van der Waals surface area (Å²) in [6.07, 6.45) is 5.87. The molecule has 1 N–H and O–H groups in total. The Kier molecular flexibility index (Phi) is 5.43. The quantitative estimate of drug-likeness (QED) is 0.665. The van der Waals surface area contributed by atoms with Crippen LogP contribution in [0.3, 0.4) is 0 Å². The lowest BCUT2D eigenvalue weighted by atomic mass is 10.1. The fourth-order valence-electron chi connectivity index (χ4n) is 3.43. The monoisotopic (exact) mass is 400 g/mol. The summed E-state index contributed by atoms with van der Waals surface area (Å²) in [5, 5.41) is 15.1. The number of nitrogens with one attached hydrogen (secondary N) is 1. The number of rotatable bonds is 5. The normalized spacial score (nSPS) is 14.9. The lowest BCUT2D eigenvalue weighted by Crippen LogP contribution is -2.29. The van der Waals surface area contributed by atoms with E-state index in [0.717, 1.165) is 30.5 Å². The summed E-state index contributed by atoms with van der Waals surface area (Å²) in [6.45, 7) is 1.75. The Hall–Kier alpha value is -2.68. The molecule has 0 spiro atoms. The Labute approximate surface area is 166 Å². The van der Waals surface area contributed by atoms with E-state index in [-0.39, 0.29) is 11.7 Å². The molecule has 0 aliphatic heterocycles. The Bertz CT molecular complexity index is 944. The standard InChI is InChI=1S/C19H21FN6OS/c1-12-23-24-25-26(12)16(11-13-7-9-14(20)10-8-13)18(27)22-19-21-15-5-3-2-4-6-17(15)28-19/h7-10,16H,2-6,11H2,1H3,(H,21,22,27). The van der Waals surface area contributed by atoms with E-state index in [0.29, 0.717) is 17.4 Å². The highest BCUT2D eigenvalue weighted by Gasteiger charge is 2.26. The molecule has 2 heterocycles. The summed E-state index contributed by atoms with van der Waals surface area (Å²) in [4.78, 5) is 19.0. The smallest absolute Gasteiger partial charge is 0.251 e. The van der Waals surface area contributed by atoms with Crippen LogP contribution in [-0.4, -0.2) is 31.1 Å². The molecule has 0 bridgehead atoms. The maximum atomic E-state index is 13.2. The fourth-order valence-corrected chi connectivity index (χ4v) is 4.48. The number of fused-ring (bicyclic) bond motifs is 1. The number of nitrogens with zero attached hydrogens (tertiary/aromatic N) is 5. The minimum Gasteiger partial charge on any atom is -0.300 e. The third kappa shape index (κ3) is 4.09. The summed E-state index contributed by atoms with van der Waals surface area (Å²) in [5.74, 6) is -0.00606. The van der Waals surface area contributed by atoms with Crippen LogP contribution in [0.4, 0.5) is 9.52 Å². The van der Waals surface area contributed by atoms with Gasteiger partial charge in [-0.25, -0.2) is 14.1 Å². The van der Waals surface area contributed by atoms with Gasteiger partial charge in [0.15, 0.2) is 5.13 Å². The Balaban J connectivity index is 1.56. The highest BCUT2D eigenvalue weighted by atomic mass is 32.1. The van der Waals surface area contributed by atoms with Crippen molar-refractivity contribution < 1.29 is 9.18 Å². The molecule has 1 aromatic carbocycles. The zero-order chi connectivity index (χ0) is 19.5. The van der Waals surface area contributed by atoms with Crippen molar-refractivity contribution in [2.45, 2.75) is 51.5 Å². The van der Waals surface area contributed by atoms with E-state index < -0.39 is 6.04 Å². The summed E-state index contributed by atoms with van der Waals surface area (Å²) in [7, 11) is 0. The highest BCUT2D eigenvalue weighted by Crippen LogP contribution is 2.29. The topological polar surface area (TPSA) is 85.6 Å². The van der Waals surface area contributed by atoms with Gasteiger partial charge in [-0.1, -0.05) is 18.6 Å². The first-order valence-corrected chi connectivity index (χ1v) is 10.2. The van der Waals surface area contributed by atoms with E-state index in [1.54, 1.807) is 30.4 Å². The number of hydrogen-bond donors (Lipinski definition) is 1. The molecule has 28 heavy (non-hydrogen) atoms. The lowest BCUT2D eigenvalue weighted by molar-refractivity contribution is -0.119. The van der Waals surface area contributed by atoms with E-state index in [1.165, 1.54) is 34.5 Å². The summed E-state index contributed by atoms with van der Waals surface area (Å²) >= 11 is 1.55. The van der Waals surface area contributed by atoms with Crippen molar-refractivity contribution in [2.75, 3.05) is 5.32 Å². The van der Waals surface area contributed by atoms with Crippen molar-refractivity contribution in [3.8, 4) is 0 Å². The highest BCUT2D eigenvalue weighted by molar-refractivity contribution is 7.15. The molecular weight excluding hydrogens is 379 g/mol. The van der Waals surface area contributed by atoms with Gasteiger partial charge in [0, 0.05) is 11.3 Å². The second-order valence-electron chi connectivity index (χ2n) is 6.96. The van der Waals surface area contributed by atoms with Gasteiger partial charge in [0.25, 0.3) is 5.91 Å². The van der Waals surface area contributed by atoms with Gasteiger partial charge in [-0.15, -0.1) is 16.4 Å². The molecule has 2 aromatic heterocycles. The molecule has 9 heteroatoms. The third-order valence-electron chi connectivity index (χ3n) is 4.92. The maximum absolute atomic E-state index is 13.2. The molecule has 0 fully saturated rings. The molecule has 1 atom stereocenters. The van der Waals surface area contributed by atoms with Gasteiger partial charge in [0.1, 0.15) is 17.7 Å². The van der Waals surface area contributed by atoms with Crippen LogP contribution >= 0.6 is 11.3 Å². The average molecular weight is 400 g/mol.